The van der Waals surface area contributed by atoms with Gasteiger partial charge in [-0.1, -0.05) is 0 Å². The van der Waals surface area contributed by atoms with E-state index in [1.54, 1.807) is 6.07 Å². The summed E-state index contributed by atoms with van der Waals surface area (Å²) in [6, 6.07) is 2.25. The number of rotatable bonds is 1. The fourth-order valence-electron chi connectivity index (χ4n) is 2.49. The lowest BCUT2D eigenvalue weighted by atomic mass is 10.0. The van der Waals surface area contributed by atoms with Gasteiger partial charge in [-0.05, 0) is 50.4 Å². The molecule has 1 atom stereocenters. The molecule has 21 heavy (non-hydrogen) atoms. The zero-order valence-electron chi connectivity index (χ0n) is 10.5. The van der Waals surface area contributed by atoms with Gasteiger partial charge in [0.05, 0.1) is 11.1 Å². The zero-order valence-corrected chi connectivity index (χ0v) is 13.7. The van der Waals surface area contributed by atoms with Gasteiger partial charge in [0.25, 0.3) is 11.8 Å². The molecule has 1 fully saturated rings. The summed E-state index contributed by atoms with van der Waals surface area (Å²) < 4.78 is 1.13. The number of benzene rings is 1. The van der Waals surface area contributed by atoms with Crippen molar-refractivity contribution in [3.05, 3.63) is 32.2 Å². The highest BCUT2D eigenvalue weighted by Crippen LogP contribution is 2.36. The number of imide groups is 2. The van der Waals surface area contributed by atoms with Crippen LogP contribution < -0.4 is 5.32 Å². The number of amides is 4. The SMILES string of the molecule is O=C1CCC(N2C(=O)c3ccc(Br)c(Br)c3C2=O)C(=O)N1. The molecule has 1 saturated heterocycles. The first-order valence-corrected chi connectivity index (χ1v) is 7.70. The summed E-state index contributed by atoms with van der Waals surface area (Å²) in [5.41, 5.74) is 0.485. The highest BCUT2D eigenvalue weighted by atomic mass is 79.9. The third-order valence-electron chi connectivity index (χ3n) is 3.50. The summed E-state index contributed by atoms with van der Waals surface area (Å²) in [4.78, 5) is 48.9. The monoisotopic (exact) mass is 414 g/mol. The molecular formula is C13H8Br2N2O4. The van der Waals surface area contributed by atoms with Crippen molar-refractivity contribution in [2.24, 2.45) is 0 Å². The summed E-state index contributed by atoms with van der Waals surface area (Å²) in [7, 11) is 0. The Balaban J connectivity index is 2.02. The van der Waals surface area contributed by atoms with Crippen molar-refractivity contribution in [2.45, 2.75) is 18.9 Å². The Morgan fingerprint density at radius 1 is 1.10 bits per heavy atom. The summed E-state index contributed by atoms with van der Waals surface area (Å²) in [5.74, 6) is -2.05. The van der Waals surface area contributed by atoms with Crippen LogP contribution in [0, 0.1) is 0 Å². The number of nitrogens with zero attached hydrogens (tertiary/aromatic N) is 1. The Morgan fingerprint density at radius 2 is 1.81 bits per heavy atom. The number of nitrogens with one attached hydrogen (secondary N) is 1. The van der Waals surface area contributed by atoms with Crippen molar-refractivity contribution >= 4 is 55.5 Å². The molecular weight excluding hydrogens is 408 g/mol. The summed E-state index contributed by atoms with van der Waals surface area (Å²) in [6.07, 6.45) is 0.254. The van der Waals surface area contributed by atoms with Gasteiger partial charge in [0.15, 0.2) is 0 Å². The van der Waals surface area contributed by atoms with Gasteiger partial charge in [0, 0.05) is 15.4 Å². The third-order valence-corrected chi connectivity index (χ3v) is 5.52. The van der Waals surface area contributed by atoms with Crippen molar-refractivity contribution in [3.8, 4) is 0 Å². The minimum Gasteiger partial charge on any atom is -0.295 e. The molecule has 1 N–H and O–H groups in total. The fraction of sp³-hybridized carbons (Fsp3) is 0.231. The lowest BCUT2D eigenvalue weighted by Crippen LogP contribution is -2.54. The molecule has 2 aliphatic heterocycles. The molecule has 1 aromatic carbocycles. The average Bonchev–Trinajstić information content (AvgIpc) is 2.67. The number of carbonyl (C=O) groups excluding carboxylic acids is 4. The number of hydrogen-bond donors (Lipinski definition) is 1. The highest BCUT2D eigenvalue weighted by Gasteiger charge is 2.45. The Morgan fingerprint density at radius 3 is 2.48 bits per heavy atom. The molecule has 8 heteroatoms. The predicted molar refractivity (Wildman–Crippen MR) is 78.5 cm³/mol. The Bertz CT molecular complexity index is 716. The van der Waals surface area contributed by atoms with E-state index in [0.717, 1.165) is 4.90 Å². The van der Waals surface area contributed by atoms with Crippen LogP contribution in [0.25, 0.3) is 0 Å². The van der Waals surface area contributed by atoms with Gasteiger partial charge >= 0.3 is 0 Å². The molecule has 2 aliphatic rings. The van der Waals surface area contributed by atoms with E-state index in [1.807, 2.05) is 0 Å². The summed E-state index contributed by atoms with van der Waals surface area (Å²) >= 11 is 6.55. The number of fused-ring (bicyclic) bond motifs is 1. The van der Waals surface area contributed by atoms with Crippen LogP contribution in [-0.4, -0.2) is 34.6 Å². The molecule has 0 aliphatic carbocycles. The van der Waals surface area contributed by atoms with Gasteiger partial charge in [-0.2, -0.15) is 0 Å². The van der Waals surface area contributed by atoms with Crippen LogP contribution in [0.2, 0.25) is 0 Å². The Labute approximate surface area is 136 Å². The van der Waals surface area contributed by atoms with E-state index in [2.05, 4.69) is 37.2 Å². The third kappa shape index (κ3) is 2.13. The molecule has 0 bridgehead atoms. The topological polar surface area (TPSA) is 83.6 Å². The molecule has 4 amide bonds. The second-order valence-electron chi connectivity index (χ2n) is 4.73. The second-order valence-corrected chi connectivity index (χ2v) is 6.38. The van der Waals surface area contributed by atoms with Crippen molar-refractivity contribution in [1.29, 1.82) is 0 Å². The van der Waals surface area contributed by atoms with Crippen molar-refractivity contribution in [3.63, 3.8) is 0 Å². The van der Waals surface area contributed by atoms with E-state index in [0.29, 0.717) is 8.95 Å². The molecule has 1 unspecified atom stereocenters. The summed E-state index contributed by atoms with van der Waals surface area (Å²) in [6.45, 7) is 0. The zero-order chi connectivity index (χ0) is 15.3. The normalized spacial score (nSPS) is 21.6. The molecule has 3 rings (SSSR count). The lowest BCUT2D eigenvalue weighted by Gasteiger charge is -2.27. The van der Waals surface area contributed by atoms with Crippen molar-refractivity contribution in [2.75, 3.05) is 0 Å². The first-order chi connectivity index (χ1) is 9.91. The highest BCUT2D eigenvalue weighted by molar-refractivity contribution is 9.13. The van der Waals surface area contributed by atoms with Crippen LogP contribution in [-0.2, 0) is 9.59 Å². The van der Waals surface area contributed by atoms with Crippen LogP contribution in [0.3, 0.4) is 0 Å². The van der Waals surface area contributed by atoms with Gasteiger partial charge in [0.2, 0.25) is 11.8 Å². The van der Waals surface area contributed by atoms with Gasteiger partial charge < -0.3 is 0 Å². The number of hydrogen-bond acceptors (Lipinski definition) is 4. The number of piperidine rings is 1. The molecule has 1 aromatic rings. The molecule has 0 saturated carbocycles. The van der Waals surface area contributed by atoms with Crippen molar-refractivity contribution in [1.82, 2.24) is 10.2 Å². The molecule has 108 valence electrons. The standard InChI is InChI=1S/C13H8Br2N2O4/c14-6-2-1-5-9(10(6)15)13(21)17(12(5)20)7-3-4-8(18)16-11(7)19/h1-2,7H,3-4H2,(H,16,18,19). The molecule has 6 nitrogen and oxygen atoms in total. The number of carbonyl (C=O) groups is 4. The van der Waals surface area contributed by atoms with Crippen molar-refractivity contribution < 1.29 is 19.2 Å². The van der Waals surface area contributed by atoms with Gasteiger partial charge in [0.1, 0.15) is 6.04 Å². The van der Waals surface area contributed by atoms with E-state index in [9.17, 15) is 19.2 Å². The van der Waals surface area contributed by atoms with Gasteiger partial charge in [-0.3, -0.25) is 29.4 Å². The van der Waals surface area contributed by atoms with Crippen LogP contribution in [0.15, 0.2) is 21.1 Å². The summed E-state index contributed by atoms with van der Waals surface area (Å²) in [5, 5.41) is 2.16. The van der Waals surface area contributed by atoms with E-state index in [-0.39, 0.29) is 24.0 Å². The smallest absolute Gasteiger partial charge is 0.263 e. The second kappa shape index (κ2) is 5.03. The lowest BCUT2D eigenvalue weighted by molar-refractivity contribution is -0.136. The Kier molecular flexibility index (Phi) is 3.45. The molecule has 0 spiro atoms. The van der Waals surface area contributed by atoms with E-state index in [1.165, 1.54) is 6.07 Å². The fourth-order valence-corrected chi connectivity index (χ4v) is 3.34. The van der Waals surface area contributed by atoms with Crippen LogP contribution in [0.1, 0.15) is 33.6 Å². The maximum absolute atomic E-state index is 12.5. The van der Waals surface area contributed by atoms with Gasteiger partial charge in [-0.15, -0.1) is 0 Å². The first-order valence-electron chi connectivity index (χ1n) is 6.11. The van der Waals surface area contributed by atoms with Crippen LogP contribution >= 0.6 is 31.9 Å². The quantitative estimate of drug-likeness (QED) is 0.706. The minimum absolute atomic E-state index is 0.106. The Hall–Kier alpha value is -1.54. The van der Waals surface area contributed by atoms with E-state index < -0.39 is 29.7 Å². The van der Waals surface area contributed by atoms with Gasteiger partial charge in [-0.25, -0.2) is 0 Å². The predicted octanol–water partition coefficient (Wildman–Crippen LogP) is 1.61. The first kappa shape index (κ1) is 14.4. The van der Waals surface area contributed by atoms with Crippen LogP contribution in [0.4, 0.5) is 0 Å². The molecule has 0 aromatic heterocycles. The van der Waals surface area contributed by atoms with E-state index in [4.69, 9.17) is 0 Å². The largest absolute Gasteiger partial charge is 0.295 e. The minimum atomic E-state index is -0.944. The maximum atomic E-state index is 12.5. The van der Waals surface area contributed by atoms with Crippen LogP contribution in [0.5, 0.6) is 0 Å². The maximum Gasteiger partial charge on any atom is 0.263 e. The molecule has 0 radical (unpaired) electrons. The van der Waals surface area contributed by atoms with E-state index >= 15 is 0 Å². The average molecular weight is 416 g/mol. The molecule has 2 heterocycles. The number of halogens is 2.